The van der Waals surface area contributed by atoms with Crippen LogP contribution in [0.15, 0.2) is 12.3 Å². The van der Waals surface area contributed by atoms with E-state index in [-0.39, 0.29) is 11.1 Å². The van der Waals surface area contributed by atoms with Crippen LogP contribution in [0.3, 0.4) is 0 Å². The predicted octanol–water partition coefficient (Wildman–Crippen LogP) is 2.09. The molecule has 0 aliphatic rings. The van der Waals surface area contributed by atoms with Gasteiger partial charge in [0.05, 0.1) is 17.4 Å². The van der Waals surface area contributed by atoms with E-state index in [1.807, 2.05) is 0 Å². The SMILES string of the molecule is CC(C)CCNC(=O)c1cc(N)cnc1Cl. The lowest BCUT2D eigenvalue weighted by atomic mass is 10.1. The van der Waals surface area contributed by atoms with Gasteiger partial charge in [0, 0.05) is 6.54 Å². The van der Waals surface area contributed by atoms with Gasteiger partial charge >= 0.3 is 0 Å². The molecule has 0 spiro atoms. The first kappa shape index (κ1) is 12.8. The molecule has 3 N–H and O–H groups in total. The van der Waals surface area contributed by atoms with Crippen LogP contribution < -0.4 is 11.1 Å². The molecule has 0 aliphatic heterocycles. The second-order valence-electron chi connectivity index (χ2n) is 4.05. The third-order valence-electron chi connectivity index (χ3n) is 2.11. The van der Waals surface area contributed by atoms with Crippen molar-refractivity contribution in [2.45, 2.75) is 20.3 Å². The summed E-state index contributed by atoms with van der Waals surface area (Å²) in [5, 5.41) is 2.96. The highest BCUT2D eigenvalue weighted by atomic mass is 35.5. The number of nitrogens with two attached hydrogens (primary N) is 1. The van der Waals surface area contributed by atoms with Gasteiger partial charge in [0.25, 0.3) is 5.91 Å². The summed E-state index contributed by atoms with van der Waals surface area (Å²) >= 11 is 5.81. The monoisotopic (exact) mass is 241 g/mol. The van der Waals surface area contributed by atoms with Gasteiger partial charge in [-0.05, 0) is 18.4 Å². The standard InChI is InChI=1S/C11H16ClN3O/c1-7(2)3-4-14-11(16)9-5-8(13)6-15-10(9)12/h5-7H,3-4,13H2,1-2H3,(H,14,16). The number of halogens is 1. The summed E-state index contributed by atoms with van der Waals surface area (Å²) in [6, 6.07) is 1.53. The van der Waals surface area contributed by atoms with Crippen LogP contribution in [-0.4, -0.2) is 17.4 Å². The zero-order valence-corrected chi connectivity index (χ0v) is 10.2. The normalized spacial score (nSPS) is 10.5. The maximum absolute atomic E-state index is 11.7. The minimum Gasteiger partial charge on any atom is -0.397 e. The van der Waals surface area contributed by atoms with Crippen molar-refractivity contribution in [3.63, 3.8) is 0 Å². The second-order valence-corrected chi connectivity index (χ2v) is 4.40. The van der Waals surface area contributed by atoms with Crippen molar-refractivity contribution in [3.8, 4) is 0 Å². The number of aromatic nitrogens is 1. The molecule has 1 aromatic heterocycles. The van der Waals surface area contributed by atoms with Crippen molar-refractivity contribution in [2.24, 2.45) is 5.92 Å². The zero-order valence-electron chi connectivity index (χ0n) is 9.46. The first-order chi connectivity index (χ1) is 7.50. The van der Waals surface area contributed by atoms with E-state index in [0.717, 1.165) is 6.42 Å². The van der Waals surface area contributed by atoms with Crippen molar-refractivity contribution in [2.75, 3.05) is 12.3 Å². The van der Waals surface area contributed by atoms with Gasteiger partial charge in [0.1, 0.15) is 5.15 Å². The fourth-order valence-electron chi connectivity index (χ4n) is 1.19. The Hall–Kier alpha value is -1.29. The summed E-state index contributed by atoms with van der Waals surface area (Å²) in [5.41, 5.74) is 6.29. The topological polar surface area (TPSA) is 68.0 Å². The molecular weight excluding hydrogens is 226 g/mol. The third kappa shape index (κ3) is 3.70. The average molecular weight is 242 g/mol. The largest absolute Gasteiger partial charge is 0.397 e. The molecule has 0 fully saturated rings. The van der Waals surface area contributed by atoms with E-state index >= 15 is 0 Å². The van der Waals surface area contributed by atoms with E-state index in [1.54, 1.807) is 0 Å². The molecule has 0 radical (unpaired) electrons. The Balaban J connectivity index is 2.62. The number of anilines is 1. The molecule has 4 nitrogen and oxygen atoms in total. The Morgan fingerprint density at radius 2 is 2.31 bits per heavy atom. The number of carbonyl (C=O) groups excluding carboxylic acids is 1. The molecular formula is C11H16ClN3O. The summed E-state index contributed by atoms with van der Waals surface area (Å²) in [4.78, 5) is 15.5. The van der Waals surface area contributed by atoms with E-state index in [9.17, 15) is 4.79 Å². The molecule has 1 amide bonds. The lowest BCUT2D eigenvalue weighted by molar-refractivity contribution is 0.0952. The van der Waals surface area contributed by atoms with Crippen LogP contribution in [0.5, 0.6) is 0 Å². The Morgan fingerprint density at radius 1 is 1.62 bits per heavy atom. The first-order valence-electron chi connectivity index (χ1n) is 5.20. The van der Waals surface area contributed by atoms with Gasteiger partial charge in [-0.3, -0.25) is 4.79 Å². The van der Waals surface area contributed by atoms with Crippen molar-refractivity contribution < 1.29 is 4.79 Å². The molecule has 0 saturated heterocycles. The summed E-state index contributed by atoms with van der Waals surface area (Å²) in [7, 11) is 0. The van der Waals surface area contributed by atoms with Crippen LogP contribution in [0.4, 0.5) is 5.69 Å². The zero-order chi connectivity index (χ0) is 12.1. The van der Waals surface area contributed by atoms with Crippen molar-refractivity contribution in [3.05, 3.63) is 23.0 Å². The van der Waals surface area contributed by atoms with Gasteiger partial charge in [-0.15, -0.1) is 0 Å². The highest BCUT2D eigenvalue weighted by Crippen LogP contribution is 2.15. The Labute approximate surface area is 100 Å². The van der Waals surface area contributed by atoms with E-state index in [1.165, 1.54) is 12.3 Å². The minimum atomic E-state index is -0.231. The van der Waals surface area contributed by atoms with E-state index in [0.29, 0.717) is 23.7 Å². The summed E-state index contributed by atoms with van der Waals surface area (Å²) < 4.78 is 0. The smallest absolute Gasteiger partial charge is 0.254 e. The molecule has 16 heavy (non-hydrogen) atoms. The van der Waals surface area contributed by atoms with Crippen LogP contribution >= 0.6 is 11.6 Å². The van der Waals surface area contributed by atoms with Crippen molar-refractivity contribution in [1.29, 1.82) is 0 Å². The summed E-state index contributed by atoms with van der Waals surface area (Å²) in [6.45, 7) is 4.82. The van der Waals surface area contributed by atoms with Crippen LogP contribution in [0.1, 0.15) is 30.6 Å². The molecule has 1 heterocycles. The molecule has 5 heteroatoms. The fourth-order valence-corrected chi connectivity index (χ4v) is 1.38. The third-order valence-corrected chi connectivity index (χ3v) is 2.41. The average Bonchev–Trinajstić information content (AvgIpc) is 2.21. The first-order valence-corrected chi connectivity index (χ1v) is 5.57. The molecule has 1 aromatic rings. The number of nitrogens with one attached hydrogen (secondary N) is 1. The van der Waals surface area contributed by atoms with Gasteiger partial charge in [0.15, 0.2) is 0 Å². The number of nitrogen functional groups attached to an aromatic ring is 1. The van der Waals surface area contributed by atoms with Crippen LogP contribution in [0, 0.1) is 5.92 Å². The lowest BCUT2D eigenvalue weighted by Gasteiger charge is -2.08. The quantitative estimate of drug-likeness (QED) is 0.794. The van der Waals surface area contributed by atoms with Crippen LogP contribution in [-0.2, 0) is 0 Å². The number of hydrogen-bond donors (Lipinski definition) is 2. The molecule has 0 aliphatic carbocycles. The van der Waals surface area contributed by atoms with Gasteiger partial charge in [-0.2, -0.15) is 0 Å². The number of carbonyl (C=O) groups is 1. The van der Waals surface area contributed by atoms with Crippen molar-refractivity contribution in [1.82, 2.24) is 10.3 Å². The fraction of sp³-hybridized carbons (Fsp3) is 0.455. The lowest BCUT2D eigenvalue weighted by Crippen LogP contribution is -2.25. The number of nitrogens with zero attached hydrogens (tertiary/aromatic N) is 1. The highest BCUT2D eigenvalue weighted by molar-refractivity contribution is 6.32. The molecule has 0 unspecified atom stereocenters. The van der Waals surface area contributed by atoms with Gasteiger partial charge in [-0.25, -0.2) is 4.98 Å². The predicted molar refractivity (Wildman–Crippen MR) is 65.4 cm³/mol. The molecule has 0 atom stereocenters. The van der Waals surface area contributed by atoms with E-state index < -0.39 is 0 Å². The number of pyridine rings is 1. The second kappa shape index (κ2) is 5.70. The van der Waals surface area contributed by atoms with Gasteiger partial charge < -0.3 is 11.1 Å². The Bertz CT molecular complexity index is 379. The van der Waals surface area contributed by atoms with Gasteiger partial charge in [-0.1, -0.05) is 25.4 Å². The molecule has 0 aromatic carbocycles. The van der Waals surface area contributed by atoms with Gasteiger partial charge in [0.2, 0.25) is 0 Å². The molecule has 1 rings (SSSR count). The number of rotatable bonds is 4. The maximum Gasteiger partial charge on any atom is 0.254 e. The molecule has 88 valence electrons. The van der Waals surface area contributed by atoms with E-state index in [4.69, 9.17) is 17.3 Å². The van der Waals surface area contributed by atoms with Crippen LogP contribution in [0.25, 0.3) is 0 Å². The summed E-state index contributed by atoms with van der Waals surface area (Å²) in [5.74, 6) is 0.320. The molecule has 0 saturated carbocycles. The van der Waals surface area contributed by atoms with Crippen LogP contribution in [0.2, 0.25) is 5.15 Å². The maximum atomic E-state index is 11.7. The Morgan fingerprint density at radius 3 is 2.94 bits per heavy atom. The minimum absolute atomic E-state index is 0.177. The highest BCUT2D eigenvalue weighted by Gasteiger charge is 2.11. The summed E-state index contributed by atoms with van der Waals surface area (Å²) in [6.07, 6.45) is 2.35. The molecule has 0 bridgehead atoms. The van der Waals surface area contributed by atoms with Crippen molar-refractivity contribution >= 4 is 23.2 Å². The number of amides is 1. The number of hydrogen-bond acceptors (Lipinski definition) is 3. The van der Waals surface area contributed by atoms with E-state index in [2.05, 4.69) is 24.1 Å². The Kier molecular flexibility index (Phi) is 4.55.